The minimum Gasteiger partial charge on any atom is -0.370 e. The highest BCUT2D eigenvalue weighted by Crippen LogP contribution is 2.18. The highest BCUT2D eigenvalue weighted by atomic mass is 15.6. The van der Waals surface area contributed by atoms with Gasteiger partial charge in [0.2, 0.25) is 5.82 Å². The van der Waals surface area contributed by atoms with Gasteiger partial charge in [-0.1, -0.05) is 36.8 Å². The number of hydrogen-bond acceptors (Lipinski definition) is 6. The minimum absolute atomic E-state index is 0.692. The largest absolute Gasteiger partial charge is 0.370 e. The molecule has 31 heavy (non-hydrogen) atoms. The predicted molar refractivity (Wildman–Crippen MR) is 122 cm³/mol. The number of rotatable bonds is 8. The maximum absolute atomic E-state index is 8.97. The van der Waals surface area contributed by atoms with Gasteiger partial charge in [0.1, 0.15) is 0 Å². The molecule has 7 heteroatoms. The van der Waals surface area contributed by atoms with Gasteiger partial charge in [-0.3, -0.25) is 0 Å². The van der Waals surface area contributed by atoms with E-state index in [1.807, 2.05) is 42.5 Å². The number of anilines is 1. The van der Waals surface area contributed by atoms with E-state index in [4.69, 9.17) is 5.26 Å². The van der Waals surface area contributed by atoms with Gasteiger partial charge in [0.15, 0.2) is 0 Å². The molecular weight excluding hydrogens is 386 g/mol. The summed E-state index contributed by atoms with van der Waals surface area (Å²) >= 11 is 0. The van der Waals surface area contributed by atoms with E-state index in [0.717, 1.165) is 63.2 Å². The molecule has 160 valence electrons. The van der Waals surface area contributed by atoms with Crippen molar-refractivity contribution in [3.63, 3.8) is 0 Å². The summed E-state index contributed by atoms with van der Waals surface area (Å²) in [5.41, 5.74) is 2.94. The number of aromatic nitrogens is 4. The Bertz CT molecular complexity index is 975. The van der Waals surface area contributed by atoms with E-state index < -0.39 is 0 Å². The number of unbranched alkanes of at least 4 members (excludes halogenated alkanes) is 2. The van der Waals surface area contributed by atoms with E-state index in [-0.39, 0.29) is 0 Å². The third-order valence-corrected chi connectivity index (χ3v) is 5.77. The molecule has 0 bridgehead atoms. The number of hydrogen-bond donors (Lipinski definition) is 0. The Morgan fingerprint density at radius 3 is 2.45 bits per heavy atom. The molecule has 0 radical (unpaired) electrons. The maximum Gasteiger partial charge on any atom is 0.204 e. The molecule has 1 aromatic heterocycles. The Hall–Kier alpha value is -3.24. The number of nitrogens with zero attached hydrogens (tertiary/aromatic N) is 7. The summed E-state index contributed by atoms with van der Waals surface area (Å²) in [7, 11) is 0. The molecule has 0 aliphatic carbocycles. The van der Waals surface area contributed by atoms with Gasteiger partial charge in [-0.15, -0.1) is 10.2 Å². The minimum atomic E-state index is 0.692. The number of benzene rings is 2. The molecule has 1 saturated heterocycles. The molecule has 0 atom stereocenters. The van der Waals surface area contributed by atoms with Gasteiger partial charge in [-0.05, 0) is 61.8 Å². The Morgan fingerprint density at radius 1 is 0.839 bits per heavy atom. The lowest BCUT2D eigenvalue weighted by atomic mass is 10.2. The normalized spacial score (nSPS) is 14.9. The van der Waals surface area contributed by atoms with Crippen molar-refractivity contribution in [2.75, 3.05) is 37.6 Å². The van der Waals surface area contributed by atoms with E-state index in [0.29, 0.717) is 5.82 Å². The SMILES string of the molecule is N#Cc1ccc(N2CCCN(CCCCCn3nnc(-c4ccccc4)n3)CC2)cc1. The second-order valence-corrected chi connectivity index (χ2v) is 7.98. The van der Waals surface area contributed by atoms with E-state index >= 15 is 0 Å². The number of aryl methyl sites for hydroxylation is 1. The van der Waals surface area contributed by atoms with Crippen molar-refractivity contribution >= 4 is 5.69 Å². The average Bonchev–Trinajstić information content (AvgIpc) is 3.17. The first kappa shape index (κ1) is 21.0. The van der Waals surface area contributed by atoms with Crippen molar-refractivity contribution in [2.45, 2.75) is 32.2 Å². The first-order valence-corrected chi connectivity index (χ1v) is 11.1. The molecule has 1 aliphatic heterocycles. The Balaban J connectivity index is 1.15. The first-order valence-electron chi connectivity index (χ1n) is 11.1. The van der Waals surface area contributed by atoms with Crippen molar-refractivity contribution in [1.29, 1.82) is 5.26 Å². The van der Waals surface area contributed by atoms with Crippen LogP contribution in [0.15, 0.2) is 54.6 Å². The lowest BCUT2D eigenvalue weighted by Gasteiger charge is -2.23. The summed E-state index contributed by atoms with van der Waals surface area (Å²) in [5.74, 6) is 0.692. The standard InChI is InChI=1S/C24H29N7/c25-20-21-10-12-23(13-11-21)30-16-7-15-29(18-19-30)14-5-2-6-17-31-27-24(26-28-31)22-8-3-1-4-9-22/h1,3-4,8-13H,2,5-7,14-19H2. The Labute approximate surface area is 183 Å². The predicted octanol–water partition coefficient (Wildman–Crippen LogP) is 3.59. The zero-order valence-corrected chi connectivity index (χ0v) is 17.9. The molecule has 2 heterocycles. The fourth-order valence-corrected chi connectivity index (χ4v) is 4.01. The molecule has 0 N–H and O–H groups in total. The Kier molecular flexibility index (Phi) is 7.24. The molecular formula is C24H29N7. The van der Waals surface area contributed by atoms with Crippen LogP contribution in [-0.4, -0.2) is 57.8 Å². The summed E-state index contributed by atoms with van der Waals surface area (Å²) in [4.78, 5) is 6.72. The van der Waals surface area contributed by atoms with Crippen LogP contribution in [-0.2, 0) is 6.54 Å². The molecule has 7 nitrogen and oxygen atoms in total. The Morgan fingerprint density at radius 2 is 1.65 bits per heavy atom. The maximum atomic E-state index is 8.97. The van der Waals surface area contributed by atoms with E-state index in [9.17, 15) is 0 Å². The van der Waals surface area contributed by atoms with Crippen molar-refractivity contribution in [2.24, 2.45) is 0 Å². The first-order chi connectivity index (χ1) is 15.3. The molecule has 4 rings (SSSR count). The smallest absolute Gasteiger partial charge is 0.204 e. The molecule has 0 saturated carbocycles. The van der Waals surface area contributed by atoms with E-state index in [1.165, 1.54) is 18.5 Å². The third kappa shape index (κ3) is 5.89. The molecule has 1 fully saturated rings. The van der Waals surface area contributed by atoms with Crippen LogP contribution in [0.1, 0.15) is 31.2 Å². The molecule has 1 aliphatic rings. The second-order valence-electron chi connectivity index (χ2n) is 7.98. The molecule has 0 unspecified atom stereocenters. The topological polar surface area (TPSA) is 73.9 Å². The van der Waals surface area contributed by atoms with Gasteiger partial charge in [-0.2, -0.15) is 10.1 Å². The molecule has 0 spiro atoms. The quantitative estimate of drug-likeness (QED) is 0.524. The van der Waals surface area contributed by atoms with Crippen LogP contribution in [0.25, 0.3) is 11.4 Å². The number of nitriles is 1. The fraction of sp³-hybridized carbons (Fsp3) is 0.417. The summed E-state index contributed by atoms with van der Waals surface area (Å²) in [6.45, 7) is 6.30. The van der Waals surface area contributed by atoms with Gasteiger partial charge < -0.3 is 9.80 Å². The van der Waals surface area contributed by atoms with Crippen LogP contribution >= 0.6 is 0 Å². The van der Waals surface area contributed by atoms with Crippen LogP contribution in [0.2, 0.25) is 0 Å². The third-order valence-electron chi connectivity index (χ3n) is 5.77. The summed E-state index contributed by atoms with van der Waals surface area (Å²) < 4.78 is 0. The number of tetrazole rings is 1. The second kappa shape index (κ2) is 10.7. The molecule has 3 aromatic rings. The highest BCUT2D eigenvalue weighted by Gasteiger charge is 2.15. The molecule has 2 aromatic carbocycles. The van der Waals surface area contributed by atoms with Crippen LogP contribution in [0.5, 0.6) is 0 Å². The zero-order valence-electron chi connectivity index (χ0n) is 17.9. The van der Waals surface area contributed by atoms with Crippen LogP contribution in [0, 0.1) is 11.3 Å². The molecule has 0 amide bonds. The van der Waals surface area contributed by atoms with Crippen molar-refractivity contribution < 1.29 is 0 Å². The van der Waals surface area contributed by atoms with Crippen LogP contribution in [0.3, 0.4) is 0 Å². The van der Waals surface area contributed by atoms with Gasteiger partial charge in [0.25, 0.3) is 0 Å². The van der Waals surface area contributed by atoms with Crippen LogP contribution in [0.4, 0.5) is 5.69 Å². The van der Waals surface area contributed by atoms with Gasteiger partial charge >= 0.3 is 0 Å². The fourth-order valence-electron chi connectivity index (χ4n) is 4.01. The highest BCUT2D eigenvalue weighted by molar-refractivity contribution is 5.53. The zero-order chi connectivity index (χ0) is 21.3. The van der Waals surface area contributed by atoms with Gasteiger partial charge in [-0.25, -0.2) is 0 Å². The lowest BCUT2D eigenvalue weighted by molar-refractivity contribution is 0.284. The summed E-state index contributed by atoms with van der Waals surface area (Å²) in [6, 6.07) is 20.1. The van der Waals surface area contributed by atoms with Crippen LogP contribution < -0.4 is 4.90 Å². The van der Waals surface area contributed by atoms with Crippen molar-refractivity contribution in [1.82, 2.24) is 25.1 Å². The van der Waals surface area contributed by atoms with E-state index in [2.05, 4.69) is 43.4 Å². The van der Waals surface area contributed by atoms with Crippen molar-refractivity contribution in [3.05, 3.63) is 60.2 Å². The van der Waals surface area contributed by atoms with Gasteiger partial charge in [0, 0.05) is 30.9 Å². The lowest BCUT2D eigenvalue weighted by Crippen LogP contribution is -2.31. The van der Waals surface area contributed by atoms with E-state index in [1.54, 1.807) is 4.80 Å². The van der Waals surface area contributed by atoms with Crippen molar-refractivity contribution in [3.8, 4) is 17.5 Å². The average molecular weight is 416 g/mol. The van der Waals surface area contributed by atoms with Gasteiger partial charge in [0.05, 0.1) is 18.2 Å². The summed E-state index contributed by atoms with van der Waals surface area (Å²) in [5, 5.41) is 21.8. The monoisotopic (exact) mass is 415 g/mol. The summed E-state index contributed by atoms with van der Waals surface area (Å²) in [6.07, 6.45) is 4.59.